The summed E-state index contributed by atoms with van der Waals surface area (Å²) in [5, 5.41) is 3.07. The zero-order valence-electron chi connectivity index (χ0n) is 26.5. The summed E-state index contributed by atoms with van der Waals surface area (Å²) in [6, 6.07) is 22.7. The van der Waals surface area contributed by atoms with E-state index in [0.717, 1.165) is 33.8 Å². The van der Waals surface area contributed by atoms with Crippen molar-refractivity contribution in [1.82, 2.24) is 0 Å². The third-order valence-corrected chi connectivity index (χ3v) is 9.96. The van der Waals surface area contributed by atoms with Crippen LogP contribution < -0.4 is 10.8 Å². The molecule has 0 atom stereocenters. The Kier molecular flexibility index (Phi) is 9.30. The highest BCUT2D eigenvalue weighted by molar-refractivity contribution is 6.62. The Bertz CT molecular complexity index is 1340. The first-order chi connectivity index (χ1) is 20.1. The molecule has 1 N–H and O–H groups in total. The van der Waals surface area contributed by atoms with Crippen LogP contribution in [-0.2, 0) is 9.31 Å². The number of hydrogen-bond donors (Lipinski definition) is 1. The van der Waals surface area contributed by atoms with Gasteiger partial charge in [-0.25, -0.2) is 0 Å². The molecule has 3 aromatic rings. The molecule has 1 aliphatic carbocycles. The lowest BCUT2D eigenvalue weighted by atomic mass is 9.75. The molecule has 4 nitrogen and oxygen atoms in total. The number of amides is 1. The average molecular weight is 566 g/mol. The summed E-state index contributed by atoms with van der Waals surface area (Å²) >= 11 is 0. The number of aryl methyl sites for hydroxylation is 1. The van der Waals surface area contributed by atoms with E-state index in [2.05, 4.69) is 89.3 Å². The minimum Gasteiger partial charge on any atom is -0.399 e. The van der Waals surface area contributed by atoms with Gasteiger partial charge in [0.15, 0.2) is 0 Å². The number of carbonyl (C=O) groups excluding carboxylic acids is 1. The van der Waals surface area contributed by atoms with Crippen molar-refractivity contribution in [3.63, 3.8) is 0 Å². The van der Waals surface area contributed by atoms with Crippen LogP contribution in [0.5, 0.6) is 0 Å². The topological polar surface area (TPSA) is 47.6 Å². The molecule has 0 bridgehead atoms. The molecule has 222 valence electrons. The van der Waals surface area contributed by atoms with E-state index < -0.39 is 0 Å². The van der Waals surface area contributed by atoms with Crippen molar-refractivity contribution in [1.29, 1.82) is 0 Å². The van der Waals surface area contributed by atoms with Crippen LogP contribution in [0.1, 0.15) is 113 Å². The van der Waals surface area contributed by atoms with Gasteiger partial charge in [0, 0.05) is 11.3 Å². The lowest BCUT2D eigenvalue weighted by Crippen LogP contribution is -2.41. The predicted molar refractivity (Wildman–Crippen MR) is 176 cm³/mol. The van der Waals surface area contributed by atoms with E-state index in [1.165, 1.54) is 56.9 Å². The Morgan fingerprint density at radius 1 is 0.833 bits per heavy atom. The normalized spacial score (nSPS) is 21.3. The van der Waals surface area contributed by atoms with E-state index in [0.29, 0.717) is 11.5 Å². The van der Waals surface area contributed by atoms with Gasteiger partial charge in [-0.05, 0) is 119 Å². The first-order valence-electron chi connectivity index (χ1n) is 16.0. The van der Waals surface area contributed by atoms with Crippen molar-refractivity contribution in [3.05, 3.63) is 83.4 Å². The third-order valence-electron chi connectivity index (χ3n) is 9.96. The maximum Gasteiger partial charge on any atom is 0.495 e. The van der Waals surface area contributed by atoms with E-state index in [4.69, 9.17) is 9.31 Å². The minimum absolute atomic E-state index is 0.0726. The van der Waals surface area contributed by atoms with E-state index in [1.807, 2.05) is 24.3 Å². The van der Waals surface area contributed by atoms with Crippen LogP contribution in [-0.4, -0.2) is 24.2 Å². The summed E-state index contributed by atoms with van der Waals surface area (Å²) < 4.78 is 12.5. The number of rotatable bonds is 9. The van der Waals surface area contributed by atoms with Gasteiger partial charge in [-0.1, -0.05) is 80.6 Å². The Labute approximate surface area is 253 Å². The van der Waals surface area contributed by atoms with E-state index in [1.54, 1.807) is 0 Å². The lowest BCUT2D eigenvalue weighted by molar-refractivity contribution is 0.00578. The highest BCUT2D eigenvalue weighted by atomic mass is 16.7. The quantitative estimate of drug-likeness (QED) is 0.208. The zero-order valence-corrected chi connectivity index (χ0v) is 26.5. The van der Waals surface area contributed by atoms with Crippen LogP contribution >= 0.6 is 0 Å². The van der Waals surface area contributed by atoms with Crippen molar-refractivity contribution >= 4 is 24.2 Å². The lowest BCUT2D eigenvalue weighted by Gasteiger charge is -2.32. The molecule has 2 fully saturated rings. The van der Waals surface area contributed by atoms with Gasteiger partial charge in [-0.15, -0.1) is 0 Å². The summed E-state index contributed by atoms with van der Waals surface area (Å²) in [5.41, 5.74) is 6.55. The van der Waals surface area contributed by atoms with Gasteiger partial charge >= 0.3 is 7.12 Å². The van der Waals surface area contributed by atoms with Crippen LogP contribution in [0.4, 0.5) is 5.69 Å². The molecule has 0 unspecified atom stereocenters. The SMILES string of the molecule is CCCCC[C@H]1CC[C@H](c2ccc(C(=O)Nc3ccc(-c4ccc(B5OC(C)(C)C(C)(C)O5)c(C)c4)cc3)cc2)CC1. The average Bonchev–Trinajstić information content (AvgIpc) is 3.20. The van der Waals surface area contributed by atoms with Crippen LogP contribution in [0.25, 0.3) is 11.1 Å². The fourth-order valence-electron chi connectivity index (χ4n) is 6.41. The molecule has 5 rings (SSSR count). The molecular formula is C37H48BNO3. The van der Waals surface area contributed by atoms with Crippen molar-refractivity contribution in [3.8, 4) is 11.1 Å². The molecule has 42 heavy (non-hydrogen) atoms. The first-order valence-corrected chi connectivity index (χ1v) is 16.0. The molecule has 3 aromatic carbocycles. The molecular weight excluding hydrogens is 517 g/mol. The monoisotopic (exact) mass is 565 g/mol. The predicted octanol–water partition coefficient (Wildman–Crippen LogP) is 9.07. The van der Waals surface area contributed by atoms with Crippen molar-refractivity contribution in [2.24, 2.45) is 5.92 Å². The maximum atomic E-state index is 13.0. The van der Waals surface area contributed by atoms with E-state index in [9.17, 15) is 4.79 Å². The zero-order chi connectivity index (χ0) is 29.9. The Balaban J connectivity index is 1.16. The number of carbonyl (C=O) groups is 1. The Hall–Kier alpha value is -2.89. The maximum absolute atomic E-state index is 13.0. The second-order valence-electron chi connectivity index (χ2n) is 13.5. The summed E-state index contributed by atoms with van der Waals surface area (Å²) in [7, 11) is -0.369. The van der Waals surface area contributed by atoms with Gasteiger partial charge in [-0.3, -0.25) is 4.79 Å². The van der Waals surface area contributed by atoms with E-state index >= 15 is 0 Å². The molecule has 1 saturated heterocycles. The second-order valence-corrected chi connectivity index (χ2v) is 13.5. The Morgan fingerprint density at radius 3 is 2.05 bits per heavy atom. The van der Waals surface area contributed by atoms with Gasteiger partial charge in [0.05, 0.1) is 11.2 Å². The molecule has 0 spiro atoms. The molecule has 5 heteroatoms. The molecule has 0 aromatic heterocycles. The largest absolute Gasteiger partial charge is 0.495 e. The van der Waals surface area contributed by atoms with Gasteiger partial charge in [0.2, 0.25) is 0 Å². The van der Waals surface area contributed by atoms with Crippen LogP contribution in [0.2, 0.25) is 0 Å². The smallest absolute Gasteiger partial charge is 0.399 e. The molecule has 0 radical (unpaired) electrons. The number of benzene rings is 3. The number of nitrogens with one attached hydrogen (secondary N) is 1. The highest BCUT2D eigenvalue weighted by Gasteiger charge is 2.52. The van der Waals surface area contributed by atoms with Crippen LogP contribution in [0.3, 0.4) is 0 Å². The number of hydrogen-bond acceptors (Lipinski definition) is 3. The van der Waals surface area contributed by atoms with Gasteiger partial charge in [0.25, 0.3) is 5.91 Å². The summed E-state index contributed by atoms with van der Waals surface area (Å²) in [4.78, 5) is 13.0. The molecule has 2 aliphatic rings. The van der Waals surface area contributed by atoms with Gasteiger partial charge < -0.3 is 14.6 Å². The fourth-order valence-corrected chi connectivity index (χ4v) is 6.41. The standard InChI is InChI=1S/C37H48BNO3/c1-7-8-9-10-27-11-13-28(14-12-27)29-15-17-31(18-16-29)35(40)39-33-22-19-30(20-23-33)32-21-24-34(26(2)25-32)38-41-36(3,4)37(5,6)42-38/h15-25,27-28H,7-14H2,1-6H3,(H,39,40)/t27-,28-. The number of unbranched alkanes of at least 4 members (excludes halogenated alkanes) is 2. The fraction of sp³-hybridized carbons (Fsp3) is 0.486. The summed E-state index contributed by atoms with van der Waals surface area (Å²) in [5.74, 6) is 1.47. The Morgan fingerprint density at radius 2 is 1.45 bits per heavy atom. The number of anilines is 1. The van der Waals surface area contributed by atoms with Gasteiger partial charge in [-0.2, -0.15) is 0 Å². The van der Waals surface area contributed by atoms with Crippen molar-refractivity contribution < 1.29 is 14.1 Å². The first kappa shape index (κ1) is 30.6. The van der Waals surface area contributed by atoms with Crippen molar-refractivity contribution in [2.45, 2.75) is 110 Å². The molecule has 1 heterocycles. The summed E-state index contributed by atoms with van der Waals surface area (Å²) in [6.45, 7) is 12.7. The summed E-state index contributed by atoms with van der Waals surface area (Å²) in [6.07, 6.45) is 10.7. The minimum atomic E-state index is -0.369. The van der Waals surface area contributed by atoms with E-state index in [-0.39, 0.29) is 24.2 Å². The van der Waals surface area contributed by atoms with Gasteiger partial charge in [0.1, 0.15) is 0 Å². The van der Waals surface area contributed by atoms with Crippen molar-refractivity contribution in [2.75, 3.05) is 5.32 Å². The second kappa shape index (κ2) is 12.8. The third kappa shape index (κ3) is 6.84. The molecule has 1 saturated carbocycles. The van der Waals surface area contributed by atoms with Crippen LogP contribution in [0.15, 0.2) is 66.7 Å². The molecule has 1 aliphatic heterocycles. The van der Waals surface area contributed by atoms with Crippen LogP contribution in [0, 0.1) is 12.8 Å². The molecule has 1 amide bonds. The highest BCUT2D eigenvalue weighted by Crippen LogP contribution is 2.38.